The molecule has 216 valence electrons. The molecular formula is C30H29F3N8O. The van der Waals surface area contributed by atoms with E-state index in [0.29, 0.717) is 36.0 Å². The van der Waals surface area contributed by atoms with Gasteiger partial charge in [0.05, 0.1) is 17.3 Å². The van der Waals surface area contributed by atoms with Crippen molar-refractivity contribution in [3.05, 3.63) is 82.9 Å². The predicted molar refractivity (Wildman–Crippen MR) is 152 cm³/mol. The van der Waals surface area contributed by atoms with Crippen LogP contribution in [0, 0.1) is 11.8 Å². The van der Waals surface area contributed by atoms with Gasteiger partial charge in [-0.05, 0) is 61.7 Å². The molecule has 1 aliphatic heterocycles. The highest BCUT2D eigenvalue weighted by Gasteiger charge is 2.34. The second-order valence-electron chi connectivity index (χ2n) is 10.7. The Morgan fingerprint density at radius 2 is 1.83 bits per heavy atom. The van der Waals surface area contributed by atoms with Crippen LogP contribution in [0.3, 0.4) is 0 Å². The topological polar surface area (TPSA) is 90.7 Å². The molecule has 4 heterocycles. The molecule has 1 aromatic carbocycles. The van der Waals surface area contributed by atoms with Gasteiger partial charge in [0.1, 0.15) is 11.5 Å². The number of hydrogen-bond donors (Lipinski definition) is 2. The number of anilines is 2. The van der Waals surface area contributed by atoms with Gasteiger partial charge in [0, 0.05) is 62.4 Å². The summed E-state index contributed by atoms with van der Waals surface area (Å²) in [6.45, 7) is 3.21. The van der Waals surface area contributed by atoms with Gasteiger partial charge in [0.25, 0.3) is 5.91 Å². The third-order valence-electron chi connectivity index (χ3n) is 7.29. The number of nitrogens with zero attached hydrogens (tertiary/aromatic N) is 6. The van der Waals surface area contributed by atoms with E-state index >= 15 is 0 Å². The minimum absolute atomic E-state index is 0.0540. The Bertz CT molecular complexity index is 1680. The number of aromatic nitrogens is 4. The summed E-state index contributed by atoms with van der Waals surface area (Å²) in [4.78, 5) is 25.6. The molecule has 1 aliphatic carbocycles. The van der Waals surface area contributed by atoms with Crippen molar-refractivity contribution in [2.45, 2.75) is 31.6 Å². The molecule has 1 saturated carbocycles. The number of fused-ring (bicyclic) bond motifs is 1. The van der Waals surface area contributed by atoms with Gasteiger partial charge in [-0.2, -0.15) is 13.2 Å². The molecule has 42 heavy (non-hydrogen) atoms. The zero-order valence-corrected chi connectivity index (χ0v) is 22.9. The van der Waals surface area contributed by atoms with Crippen molar-refractivity contribution in [1.82, 2.24) is 29.4 Å². The Hall–Kier alpha value is -4.47. The number of likely N-dealkylation sites (N-methyl/N-ethyl adjacent to an activating group) is 1. The van der Waals surface area contributed by atoms with Crippen LogP contribution in [0.2, 0.25) is 0 Å². The fourth-order valence-corrected chi connectivity index (χ4v) is 4.75. The van der Waals surface area contributed by atoms with Crippen LogP contribution in [0.4, 0.5) is 24.7 Å². The number of imidazole rings is 1. The van der Waals surface area contributed by atoms with Crippen molar-refractivity contribution in [1.29, 1.82) is 0 Å². The van der Waals surface area contributed by atoms with Gasteiger partial charge in [-0.3, -0.25) is 14.7 Å². The molecule has 9 nitrogen and oxygen atoms in total. The molecule has 3 aromatic heterocycles. The first-order chi connectivity index (χ1) is 20.2. The lowest BCUT2D eigenvalue weighted by Crippen LogP contribution is -2.44. The van der Waals surface area contributed by atoms with Crippen molar-refractivity contribution in [3.63, 3.8) is 0 Å². The van der Waals surface area contributed by atoms with Crippen molar-refractivity contribution >= 4 is 23.1 Å². The summed E-state index contributed by atoms with van der Waals surface area (Å²) in [5, 5.41) is 10.5. The molecule has 0 bridgehead atoms. The smallest absolute Gasteiger partial charge is 0.366 e. The summed E-state index contributed by atoms with van der Waals surface area (Å²) in [6, 6.07) is 9.66. The molecule has 0 radical (unpaired) electrons. The van der Waals surface area contributed by atoms with E-state index in [1.807, 2.05) is 24.1 Å². The zero-order valence-electron chi connectivity index (χ0n) is 22.9. The van der Waals surface area contributed by atoms with E-state index in [1.165, 1.54) is 24.5 Å². The van der Waals surface area contributed by atoms with E-state index < -0.39 is 17.6 Å². The molecule has 6 rings (SSSR count). The second kappa shape index (κ2) is 11.4. The molecule has 2 fully saturated rings. The quantitative estimate of drug-likeness (QED) is 0.335. The molecule has 4 aromatic rings. The van der Waals surface area contributed by atoms with Crippen LogP contribution in [-0.4, -0.2) is 74.6 Å². The van der Waals surface area contributed by atoms with Gasteiger partial charge in [-0.1, -0.05) is 12.0 Å². The Morgan fingerprint density at radius 1 is 1.02 bits per heavy atom. The molecule has 2 N–H and O–H groups in total. The summed E-state index contributed by atoms with van der Waals surface area (Å²) in [5.74, 6) is 6.16. The maximum Gasteiger partial charge on any atom is 0.416 e. The van der Waals surface area contributed by atoms with Gasteiger partial charge in [-0.25, -0.2) is 9.50 Å². The highest BCUT2D eigenvalue weighted by atomic mass is 19.4. The van der Waals surface area contributed by atoms with Gasteiger partial charge in [0.2, 0.25) is 0 Å². The van der Waals surface area contributed by atoms with E-state index in [-0.39, 0.29) is 23.4 Å². The molecule has 2 aliphatic rings. The predicted octanol–water partition coefficient (Wildman–Crippen LogP) is 4.12. The standard InChI is InChI=1S/C30H29F3N8O/c1-39-10-12-40(13-11-39)19-21-3-4-24(15-26(21)30(31,32)33)37-29(42)22-14-20(16-34-17-22)2-7-25-18-35-28-9-8-27(38-41(25)28)36-23-5-6-23/h3-4,8-9,14-18,23H,5-6,10-13,19H2,1H3,(H,36,38)(H,37,42). The Morgan fingerprint density at radius 3 is 2.60 bits per heavy atom. The van der Waals surface area contributed by atoms with Crippen molar-refractivity contribution in [2.24, 2.45) is 0 Å². The number of rotatable bonds is 6. The van der Waals surface area contributed by atoms with Crippen molar-refractivity contribution in [3.8, 4) is 11.8 Å². The summed E-state index contributed by atoms with van der Waals surface area (Å²) < 4.78 is 43.5. The number of piperazine rings is 1. The SMILES string of the molecule is CN1CCN(Cc2ccc(NC(=O)c3cncc(C#Cc4cnc5ccc(NC6CC6)nn45)c3)cc2C(F)(F)F)CC1. The minimum Gasteiger partial charge on any atom is -0.366 e. The van der Waals surface area contributed by atoms with Gasteiger partial charge < -0.3 is 15.5 Å². The molecule has 0 unspecified atom stereocenters. The van der Waals surface area contributed by atoms with Crippen LogP contribution in [-0.2, 0) is 12.7 Å². The Kier molecular flexibility index (Phi) is 7.53. The van der Waals surface area contributed by atoms with Crippen LogP contribution in [0.25, 0.3) is 5.65 Å². The van der Waals surface area contributed by atoms with Crippen LogP contribution in [0.5, 0.6) is 0 Å². The maximum atomic E-state index is 14.0. The van der Waals surface area contributed by atoms with Crippen molar-refractivity contribution in [2.75, 3.05) is 43.9 Å². The average molecular weight is 575 g/mol. The van der Waals surface area contributed by atoms with Crippen LogP contribution in [0.1, 0.15) is 45.6 Å². The first-order valence-electron chi connectivity index (χ1n) is 13.7. The first-order valence-corrected chi connectivity index (χ1v) is 13.7. The van der Waals surface area contributed by atoms with E-state index in [0.717, 1.165) is 37.8 Å². The number of amides is 1. The first kappa shape index (κ1) is 27.7. The summed E-state index contributed by atoms with van der Waals surface area (Å²) in [6.07, 6.45) is 2.17. The molecule has 1 amide bonds. The van der Waals surface area contributed by atoms with E-state index in [4.69, 9.17) is 0 Å². The maximum absolute atomic E-state index is 14.0. The number of halogens is 3. The molecular weight excluding hydrogens is 545 g/mol. The van der Waals surface area contributed by atoms with Crippen LogP contribution in [0.15, 0.2) is 55.0 Å². The third-order valence-corrected chi connectivity index (χ3v) is 7.29. The van der Waals surface area contributed by atoms with Gasteiger partial charge in [-0.15, -0.1) is 5.10 Å². The van der Waals surface area contributed by atoms with Gasteiger partial charge >= 0.3 is 6.18 Å². The summed E-state index contributed by atoms with van der Waals surface area (Å²) >= 11 is 0. The average Bonchev–Trinajstić information content (AvgIpc) is 3.70. The molecule has 0 spiro atoms. The summed E-state index contributed by atoms with van der Waals surface area (Å²) in [5.41, 5.74) is 1.33. The fraction of sp³-hybridized carbons (Fsp3) is 0.333. The highest BCUT2D eigenvalue weighted by molar-refractivity contribution is 6.04. The number of pyridine rings is 1. The number of alkyl halides is 3. The molecule has 0 atom stereocenters. The largest absolute Gasteiger partial charge is 0.416 e. The molecule has 12 heteroatoms. The van der Waals surface area contributed by atoms with Crippen molar-refractivity contribution < 1.29 is 18.0 Å². The number of benzene rings is 1. The minimum atomic E-state index is -4.55. The van der Waals surface area contributed by atoms with E-state index in [9.17, 15) is 18.0 Å². The van der Waals surface area contributed by atoms with Gasteiger partial charge in [0.15, 0.2) is 5.65 Å². The fourth-order valence-electron chi connectivity index (χ4n) is 4.75. The molecule has 1 saturated heterocycles. The van der Waals surface area contributed by atoms with E-state index in [2.05, 4.69) is 42.4 Å². The highest BCUT2D eigenvalue weighted by Crippen LogP contribution is 2.34. The summed E-state index contributed by atoms with van der Waals surface area (Å²) in [7, 11) is 2.00. The van der Waals surface area contributed by atoms with E-state index in [1.54, 1.807) is 16.8 Å². The normalized spacial score (nSPS) is 16.2. The second-order valence-corrected chi connectivity index (χ2v) is 10.7. The number of hydrogen-bond acceptors (Lipinski definition) is 7. The number of carbonyl (C=O) groups excluding carboxylic acids is 1. The monoisotopic (exact) mass is 574 g/mol. The van der Waals surface area contributed by atoms with Crippen LogP contribution >= 0.6 is 0 Å². The number of carbonyl (C=O) groups is 1. The van der Waals surface area contributed by atoms with Crippen LogP contribution < -0.4 is 10.6 Å². The number of nitrogens with one attached hydrogen (secondary N) is 2. The lowest BCUT2D eigenvalue weighted by molar-refractivity contribution is -0.138. The Balaban J connectivity index is 1.17. The lowest BCUT2D eigenvalue weighted by Gasteiger charge is -2.33. The lowest BCUT2D eigenvalue weighted by atomic mass is 10.0. The third kappa shape index (κ3) is 6.53. The Labute approximate surface area is 240 Å². The zero-order chi connectivity index (χ0) is 29.3.